The van der Waals surface area contributed by atoms with Crippen LogP contribution in [0.15, 0.2) is 48.5 Å². The predicted octanol–water partition coefficient (Wildman–Crippen LogP) is 3.66. The van der Waals surface area contributed by atoms with Gasteiger partial charge < -0.3 is 10.2 Å². The Balaban J connectivity index is 1.68. The molecule has 1 aliphatic rings. The fourth-order valence-electron chi connectivity index (χ4n) is 3.77. The van der Waals surface area contributed by atoms with Crippen molar-refractivity contribution in [3.8, 4) is 0 Å². The van der Waals surface area contributed by atoms with E-state index in [2.05, 4.69) is 5.32 Å². The van der Waals surface area contributed by atoms with E-state index in [9.17, 15) is 19.2 Å². The number of carbonyl (C=O) groups excluding carboxylic acids is 4. The van der Waals surface area contributed by atoms with Gasteiger partial charge in [-0.3, -0.25) is 24.1 Å². The monoisotopic (exact) mass is 469 g/mol. The summed E-state index contributed by atoms with van der Waals surface area (Å²) in [5.74, 6) is -1.20. The van der Waals surface area contributed by atoms with Gasteiger partial charge in [0, 0.05) is 30.6 Å². The molecule has 174 valence electrons. The molecule has 33 heavy (non-hydrogen) atoms. The summed E-state index contributed by atoms with van der Waals surface area (Å²) in [6, 6.07) is 13.1. The molecular formula is C25H28ClN3O4. The van der Waals surface area contributed by atoms with Crippen LogP contribution in [0.1, 0.15) is 59.9 Å². The Morgan fingerprint density at radius 1 is 0.970 bits per heavy atom. The smallest absolute Gasteiger partial charge is 0.261 e. The number of fused-ring (bicyclic) bond motifs is 1. The van der Waals surface area contributed by atoms with Crippen LogP contribution in [0.4, 0.5) is 0 Å². The van der Waals surface area contributed by atoms with E-state index in [0.29, 0.717) is 22.6 Å². The molecule has 1 heterocycles. The van der Waals surface area contributed by atoms with Gasteiger partial charge in [0.25, 0.3) is 11.8 Å². The third-order valence-corrected chi connectivity index (χ3v) is 5.92. The van der Waals surface area contributed by atoms with Crippen LogP contribution < -0.4 is 5.32 Å². The van der Waals surface area contributed by atoms with Crippen molar-refractivity contribution in [2.45, 2.75) is 52.2 Å². The normalized spacial score (nSPS) is 13.8. The van der Waals surface area contributed by atoms with Crippen LogP contribution in [-0.4, -0.2) is 52.1 Å². The highest BCUT2D eigenvalue weighted by Gasteiger charge is 2.35. The van der Waals surface area contributed by atoms with Crippen LogP contribution in [0.2, 0.25) is 5.02 Å². The summed E-state index contributed by atoms with van der Waals surface area (Å²) in [6.07, 6.45) is 0.374. The molecule has 1 unspecified atom stereocenters. The SMILES string of the molecule is CC(C)NC(=O)C(C)N(Cc1ccccc1Cl)C(=O)CCCN1C(=O)c2ccccc2C1=O. The van der Waals surface area contributed by atoms with E-state index >= 15 is 0 Å². The number of halogens is 1. The van der Waals surface area contributed by atoms with Crippen LogP contribution in [0.3, 0.4) is 0 Å². The molecule has 0 fully saturated rings. The maximum atomic E-state index is 13.2. The fourth-order valence-corrected chi connectivity index (χ4v) is 3.97. The van der Waals surface area contributed by atoms with Crippen molar-refractivity contribution in [2.75, 3.05) is 6.54 Å². The van der Waals surface area contributed by atoms with Crippen molar-refractivity contribution in [3.05, 3.63) is 70.2 Å². The first-order valence-electron chi connectivity index (χ1n) is 11.0. The maximum Gasteiger partial charge on any atom is 0.261 e. The molecule has 1 atom stereocenters. The molecule has 4 amide bonds. The molecule has 7 nitrogen and oxygen atoms in total. The van der Waals surface area contributed by atoms with Gasteiger partial charge in [-0.05, 0) is 51.0 Å². The molecule has 2 aromatic rings. The first-order valence-corrected chi connectivity index (χ1v) is 11.4. The fraction of sp³-hybridized carbons (Fsp3) is 0.360. The zero-order valence-electron chi connectivity index (χ0n) is 19.0. The quantitative estimate of drug-likeness (QED) is 0.568. The van der Waals surface area contributed by atoms with Crippen LogP contribution in [0, 0.1) is 0 Å². The number of amides is 4. The number of benzene rings is 2. The molecule has 0 saturated heterocycles. The predicted molar refractivity (Wildman–Crippen MR) is 126 cm³/mol. The summed E-state index contributed by atoms with van der Waals surface area (Å²) in [5, 5.41) is 3.35. The van der Waals surface area contributed by atoms with Crippen molar-refractivity contribution >= 4 is 35.2 Å². The van der Waals surface area contributed by atoms with E-state index in [-0.39, 0.29) is 49.2 Å². The Kier molecular flexibility index (Phi) is 7.87. The Morgan fingerprint density at radius 3 is 2.12 bits per heavy atom. The number of nitrogens with zero attached hydrogens (tertiary/aromatic N) is 2. The van der Waals surface area contributed by atoms with Gasteiger partial charge in [-0.2, -0.15) is 0 Å². The van der Waals surface area contributed by atoms with Crippen molar-refractivity contribution < 1.29 is 19.2 Å². The van der Waals surface area contributed by atoms with Crippen LogP contribution in [-0.2, 0) is 16.1 Å². The second-order valence-corrected chi connectivity index (χ2v) is 8.77. The van der Waals surface area contributed by atoms with Crippen LogP contribution >= 0.6 is 11.6 Å². The molecule has 0 saturated carbocycles. The van der Waals surface area contributed by atoms with E-state index < -0.39 is 6.04 Å². The highest BCUT2D eigenvalue weighted by atomic mass is 35.5. The van der Waals surface area contributed by atoms with Gasteiger partial charge in [0.15, 0.2) is 0 Å². The van der Waals surface area contributed by atoms with E-state index in [1.165, 1.54) is 9.80 Å². The van der Waals surface area contributed by atoms with Crippen molar-refractivity contribution in [2.24, 2.45) is 0 Å². The average Bonchev–Trinajstić information content (AvgIpc) is 3.02. The molecule has 3 rings (SSSR count). The lowest BCUT2D eigenvalue weighted by Crippen LogP contribution is -2.49. The van der Waals surface area contributed by atoms with Crippen LogP contribution in [0.25, 0.3) is 0 Å². The number of nitrogens with one attached hydrogen (secondary N) is 1. The lowest BCUT2D eigenvalue weighted by atomic mass is 10.1. The first kappa shape index (κ1) is 24.5. The van der Waals surface area contributed by atoms with Gasteiger partial charge in [0.2, 0.25) is 11.8 Å². The van der Waals surface area contributed by atoms with Crippen molar-refractivity contribution in [1.82, 2.24) is 15.1 Å². The molecule has 8 heteroatoms. The standard InChI is InChI=1S/C25H28ClN3O4/c1-16(2)27-23(31)17(3)29(15-18-9-4-7-12-21(18)26)22(30)13-8-14-28-24(32)19-10-5-6-11-20(19)25(28)33/h4-7,9-12,16-17H,8,13-15H2,1-3H3,(H,27,31). The summed E-state index contributed by atoms with van der Waals surface area (Å²) in [4.78, 5) is 53.5. The Morgan fingerprint density at radius 2 is 1.55 bits per heavy atom. The molecule has 0 aromatic heterocycles. The number of carbonyl (C=O) groups is 4. The Hall–Kier alpha value is -3.19. The largest absolute Gasteiger partial charge is 0.352 e. The van der Waals surface area contributed by atoms with E-state index in [4.69, 9.17) is 11.6 Å². The summed E-state index contributed by atoms with van der Waals surface area (Å²) < 4.78 is 0. The second kappa shape index (κ2) is 10.6. The van der Waals surface area contributed by atoms with Crippen molar-refractivity contribution in [1.29, 1.82) is 0 Å². The van der Waals surface area contributed by atoms with Crippen molar-refractivity contribution in [3.63, 3.8) is 0 Å². The highest BCUT2D eigenvalue weighted by molar-refractivity contribution is 6.31. The second-order valence-electron chi connectivity index (χ2n) is 8.36. The summed E-state index contributed by atoms with van der Waals surface area (Å²) in [6.45, 7) is 5.69. The number of imide groups is 1. The third-order valence-electron chi connectivity index (χ3n) is 5.55. The minimum absolute atomic E-state index is 0.0639. The molecule has 0 radical (unpaired) electrons. The van der Waals surface area contributed by atoms with Gasteiger partial charge in [-0.1, -0.05) is 41.9 Å². The minimum atomic E-state index is -0.713. The highest BCUT2D eigenvalue weighted by Crippen LogP contribution is 2.23. The van der Waals surface area contributed by atoms with E-state index in [1.54, 1.807) is 43.3 Å². The Labute approximate surface area is 198 Å². The molecule has 1 aliphatic heterocycles. The average molecular weight is 470 g/mol. The molecule has 0 bridgehead atoms. The summed E-state index contributed by atoms with van der Waals surface area (Å²) in [5.41, 5.74) is 1.50. The molecule has 1 N–H and O–H groups in total. The first-order chi connectivity index (χ1) is 15.7. The zero-order chi connectivity index (χ0) is 24.1. The Bertz CT molecular complexity index is 1030. The lowest BCUT2D eigenvalue weighted by molar-refractivity contribution is -0.140. The lowest BCUT2D eigenvalue weighted by Gasteiger charge is -2.30. The van der Waals surface area contributed by atoms with Gasteiger partial charge >= 0.3 is 0 Å². The molecule has 0 aliphatic carbocycles. The van der Waals surface area contributed by atoms with Gasteiger partial charge in [0.1, 0.15) is 6.04 Å². The summed E-state index contributed by atoms with van der Waals surface area (Å²) in [7, 11) is 0. The van der Waals surface area contributed by atoms with E-state index in [1.807, 2.05) is 26.0 Å². The van der Waals surface area contributed by atoms with Gasteiger partial charge in [-0.15, -0.1) is 0 Å². The van der Waals surface area contributed by atoms with Gasteiger partial charge in [0.05, 0.1) is 11.1 Å². The molecular weight excluding hydrogens is 442 g/mol. The van der Waals surface area contributed by atoms with E-state index in [0.717, 1.165) is 5.56 Å². The molecule has 2 aromatic carbocycles. The number of hydrogen-bond donors (Lipinski definition) is 1. The van der Waals surface area contributed by atoms with Crippen LogP contribution in [0.5, 0.6) is 0 Å². The maximum absolute atomic E-state index is 13.2. The third kappa shape index (κ3) is 5.60. The number of rotatable bonds is 9. The number of hydrogen-bond acceptors (Lipinski definition) is 4. The zero-order valence-corrected chi connectivity index (χ0v) is 19.8. The molecule has 0 spiro atoms. The summed E-state index contributed by atoms with van der Waals surface area (Å²) >= 11 is 6.29. The topological polar surface area (TPSA) is 86.8 Å². The minimum Gasteiger partial charge on any atom is -0.352 e. The van der Waals surface area contributed by atoms with Gasteiger partial charge in [-0.25, -0.2) is 0 Å².